The van der Waals surface area contributed by atoms with Crippen LogP contribution >= 0.6 is 0 Å². The lowest BCUT2D eigenvalue weighted by atomic mass is 9.98. The summed E-state index contributed by atoms with van der Waals surface area (Å²) in [5.74, 6) is -1.02. The predicted molar refractivity (Wildman–Crippen MR) is 115 cm³/mol. The molecule has 33 heavy (non-hydrogen) atoms. The average molecular weight is 459 g/mol. The summed E-state index contributed by atoms with van der Waals surface area (Å²) in [6, 6.07) is 4.25. The first-order valence-corrected chi connectivity index (χ1v) is 11.3. The van der Waals surface area contributed by atoms with Crippen LogP contribution in [-0.2, 0) is 19.1 Å². The van der Waals surface area contributed by atoms with Crippen LogP contribution in [0.1, 0.15) is 55.3 Å². The lowest BCUT2D eigenvalue weighted by Gasteiger charge is -2.35. The van der Waals surface area contributed by atoms with E-state index in [4.69, 9.17) is 4.74 Å². The van der Waals surface area contributed by atoms with Gasteiger partial charge in [-0.25, -0.2) is 0 Å². The molecule has 10 nitrogen and oxygen atoms in total. The van der Waals surface area contributed by atoms with Crippen molar-refractivity contribution in [3.63, 3.8) is 0 Å². The number of nitrogens with one attached hydrogen (secondary N) is 2. The van der Waals surface area contributed by atoms with E-state index in [0.717, 1.165) is 19.3 Å². The van der Waals surface area contributed by atoms with Gasteiger partial charge >= 0.3 is 5.97 Å². The summed E-state index contributed by atoms with van der Waals surface area (Å²) in [4.78, 5) is 52.2. The zero-order valence-electron chi connectivity index (χ0n) is 18.5. The van der Waals surface area contributed by atoms with E-state index in [2.05, 4.69) is 15.4 Å². The van der Waals surface area contributed by atoms with Crippen molar-refractivity contribution in [2.75, 3.05) is 7.11 Å². The molecule has 3 aliphatic rings. The van der Waals surface area contributed by atoms with E-state index in [-0.39, 0.29) is 24.3 Å². The van der Waals surface area contributed by atoms with Crippen molar-refractivity contribution in [2.24, 2.45) is 0 Å². The van der Waals surface area contributed by atoms with Crippen LogP contribution in [0, 0.1) is 0 Å². The molecule has 3 amide bonds. The van der Waals surface area contributed by atoms with Crippen LogP contribution in [0.15, 0.2) is 24.3 Å². The number of carbonyl (C=O) groups is 4. The number of rotatable bonds is 5. The monoisotopic (exact) mass is 459 g/mol. The van der Waals surface area contributed by atoms with Crippen molar-refractivity contribution in [3.8, 4) is 5.75 Å². The number of esters is 1. The molecule has 5 atom stereocenters. The van der Waals surface area contributed by atoms with Crippen molar-refractivity contribution < 1.29 is 33.8 Å². The van der Waals surface area contributed by atoms with E-state index in [1.165, 1.54) is 0 Å². The minimum Gasteiger partial charge on any atom is -0.497 e. The summed E-state index contributed by atoms with van der Waals surface area (Å²) in [7, 11) is 1.54. The van der Waals surface area contributed by atoms with Gasteiger partial charge in [0.1, 0.15) is 23.9 Å². The second-order valence-corrected chi connectivity index (χ2v) is 8.73. The molecule has 4 rings (SSSR count). The highest BCUT2D eigenvalue weighted by atomic mass is 16.6. The highest BCUT2D eigenvalue weighted by Gasteiger charge is 2.45. The highest BCUT2D eigenvalue weighted by molar-refractivity contribution is 5.98. The van der Waals surface area contributed by atoms with Gasteiger partial charge in [-0.15, -0.1) is 0 Å². The lowest BCUT2D eigenvalue weighted by Crippen LogP contribution is -2.57. The molecular weight excluding hydrogens is 430 g/mol. The molecule has 0 aromatic heterocycles. The first kappa shape index (κ1) is 23.0. The van der Waals surface area contributed by atoms with Gasteiger partial charge in [-0.05, 0) is 49.9 Å². The molecular formula is C23H29N3O7. The first-order valence-electron chi connectivity index (χ1n) is 11.3. The average Bonchev–Trinajstić information content (AvgIpc) is 3.36. The van der Waals surface area contributed by atoms with Crippen LogP contribution in [0.5, 0.6) is 5.75 Å². The summed E-state index contributed by atoms with van der Waals surface area (Å²) < 4.78 is 9.80. The molecule has 178 valence electrons. The third-order valence-corrected chi connectivity index (χ3v) is 6.61. The Balaban J connectivity index is 1.46. The molecule has 3 heterocycles. The summed E-state index contributed by atoms with van der Waals surface area (Å²) >= 11 is 0. The van der Waals surface area contributed by atoms with Crippen molar-refractivity contribution >= 4 is 23.7 Å². The van der Waals surface area contributed by atoms with Gasteiger partial charge in [-0.1, -0.05) is 12.8 Å². The minimum absolute atomic E-state index is 0.0830. The zero-order valence-corrected chi connectivity index (χ0v) is 18.5. The number of benzene rings is 1. The quantitative estimate of drug-likeness (QED) is 0.545. The number of aliphatic hydroxyl groups excluding tert-OH is 1. The standard InChI is InChI=1S/C23H29N3O7/c1-32-15-9-6-13(7-10-15)20(28)24-16-5-3-2-4-14-8-11-18(26(14)22(16)30)21(29)25-17-12-19(27)33-23(17)31/h6-7,9-10,14,16-18,23,31H,2-5,8,11-12H2,1H3,(H,24,28)(H,25,29)/t14-,16-,17?,18-,23?/m0/s1. The number of aliphatic hydroxyl groups is 1. The molecule has 1 aromatic rings. The molecule has 2 unspecified atom stereocenters. The van der Waals surface area contributed by atoms with Gasteiger partial charge in [-0.3, -0.25) is 19.2 Å². The maximum absolute atomic E-state index is 13.5. The van der Waals surface area contributed by atoms with E-state index < -0.39 is 36.3 Å². The summed E-state index contributed by atoms with van der Waals surface area (Å²) in [5.41, 5.74) is 0.415. The molecule has 10 heteroatoms. The lowest BCUT2D eigenvalue weighted by molar-refractivity contribution is -0.155. The number of nitrogens with zero attached hydrogens (tertiary/aromatic N) is 1. The van der Waals surface area contributed by atoms with E-state index in [1.807, 2.05) is 0 Å². The van der Waals surface area contributed by atoms with Crippen LogP contribution in [0.3, 0.4) is 0 Å². The number of hydrogen-bond acceptors (Lipinski definition) is 7. The summed E-state index contributed by atoms with van der Waals surface area (Å²) in [5, 5.41) is 15.3. The molecule has 3 fully saturated rings. The van der Waals surface area contributed by atoms with Crippen molar-refractivity contribution in [3.05, 3.63) is 29.8 Å². The van der Waals surface area contributed by atoms with Gasteiger partial charge in [-0.2, -0.15) is 0 Å². The fourth-order valence-corrected chi connectivity index (χ4v) is 4.85. The van der Waals surface area contributed by atoms with E-state index in [9.17, 15) is 24.3 Å². The van der Waals surface area contributed by atoms with Gasteiger partial charge in [0, 0.05) is 11.6 Å². The molecule has 0 bridgehead atoms. The number of hydrogen-bond donors (Lipinski definition) is 3. The number of carbonyl (C=O) groups excluding carboxylic acids is 4. The maximum Gasteiger partial charge on any atom is 0.310 e. The van der Waals surface area contributed by atoms with Gasteiger partial charge in [0.15, 0.2) is 0 Å². The Hall–Kier alpha value is -3.14. The van der Waals surface area contributed by atoms with Gasteiger partial charge in [0.05, 0.1) is 13.5 Å². The molecule has 3 N–H and O–H groups in total. The van der Waals surface area contributed by atoms with Crippen LogP contribution in [0.25, 0.3) is 0 Å². The Morgan fingerprint density at radius 1 is 1.06 bits per heavy atom. The fraction of sp³-hybridized carbons (Fsp3) is 0.565. The Kier molecular flexibility index (Phi) is 6.83. The largest absolute Gasteiger partial charge is 0.497 e. The van der Waals surface area contributed by atoms with Gasteiger partial charge < -0.3 is 30.1 Å². The SMILES string of the molecule is COc1ccc(C(=O)N[C@H]2CCCC[C@H]3CC[C@@H](C(=O)NC4CC(=O)OC4O)N3C2=O)cc1. The summed E-state index contributed by atoms with van der Waals surface area (Å²) in [6.07, 6.45) is 2.64. The number of fused-ring (bicyclic) bond motifs is 1. The first-order chi connectivity index (χ1) is 15.9. The van der Waals surface area contributed by atoms with Crippen LogP contribution in [-0.4, -0.2) is 71.3 Å². The molecule has 0 saturated carbocycles. The number of ether oxygens (including phenoxy) is 2. The number of methoxy groups -OCH3 is 1. The number of amides is 3. The Morgan fingerprint density at radius 2 is 1.79 bits per heavy atom. The normalized spacial score (nSPS) is 29.5. The fourth-order valence-electron chi connectivity index (χ4n) is 4.85. The smallest absolute Gasteiger partial charge is 0.310 e. The van der Waals surface area contributed by atoms with Crippen molar-refractivity contribution in [2.45, 2.75) is 75.4 Å². The molecule has 0 spiro atoms. The van der Waals surface area contributed by atoms with Crippen molar-refractivity contribution in [1.82, 2.24) is 15.5 Å². The zero-order chi connectivity index (χ0) is 23.5. The van der Waals surface area contributed by atoms with Crippen LogP contribution < -0.4 is 15.4 Å². The van der Waals surface area contributed by atoms with Gasteiger partial charge in [0.2, 0.25) is 18.1 Å². The second kappa shape index (κ2) is 9.78. The Labute approximate surface area is 191 Å². The number of cyclic esters (lactones) is 1. The van der Waals surface area contributed by atoms with Crippen LogP contribution in [0.2, 0.25) is 0 Å². The molecule has 0 aliphatic carbocycles. The van der Waals surface area contributed by atoms with E-state index in [0.29, 0.717) is 30.6 Å². The third kappa shape index (κ3) is 4.95. The van der Waals surface area contributed by atoms with Crippen molar-refractivity contribution in [1.29, 1.82) is 0 Å². The van der Waals surface area contributed by atoms with Crippen LogP contribution in [0.4, 0.5) is 0 Å². The Morgan fingerprint density at radius 3 is 2.45 bits per heavy atom. The van der Waals surface area contributed by atoms with E-state index in [1.54, 1.807) is 36.3 Å². The summed E-state index contributed by atoms with van der Waals surface area (Å²) in [6.45, 7) is 0. The highest BCUT2D eigenvalue weighted by Crippen LogP contribution is 2.32. The minimum atomic E-state index is -1.39. The third-order valence-electron chi connectivity index (χ3n) is 6.61. The van der Waals surface area contributed by atoms with Gasteiger partial charge in [0.25, 0.3) is 5.91 Å². The molecule has 0 radical (unpaired) electrons. The van der Waals surface area contributed by atoms with E-state index >= 15 is 0 Å². The molecule has 3 saturated heterocycles. The molecule has 3 aliphatic heterocycles. The Bertz CT molecular complexity index is 919. The molecule has 1 aromatic carbocycles. The topological polar surface area (TPSA) is 134 Å². The predicted octanol–water partition coefficient (Wildman–Crippen LogP) is 0.477. The maximum atomic E-state index is 13.5. The second-order valence-electron chi connectivity index (χ2n) is 8.73.